The van der Waals surface area contributed by atoms with E-state index in [1.54, 1.807) is 17.0 Å². The molecule has 0 aromatic carbocycles. The summed E-state index contributed by atoms with van der Waals surface area (Å²) in [6.07, 6.45) is 6.35. The lowest BCUT2D eigenvalue weighted by Gasteiger charge is -2.25. The number of hydrogen-bond donors (Lipinski definition) is 2. The molecule has 0 aliphatic carbocycles. The van der Waals surface area contributed by atoms with Gasteiger partial charge in [0.05, 0.1) is 0 Å². The van der Waals surface area contributed by atoms with E-state index in [9.17, 15) is 9.59 Å². The molecule has 1 amide bonds. The number of amides is 1. The number of anilines is 1. The summed E-state index contributed by atoms with van der Waals surface area (Å²) < 4.78 is 1.69. The number of pyridine rings is 2. The van der Waals surface area contributed by atoms with E-state index in [4.69, 9.17) is 19.8 Å². The van der Waals surface area contributed by atoms with Crippen LogP contribution in [0.15, 0.2) is 35.5 Å². The van der Waals surface area contributed by atoms with Gasteiger partial charge in [-0.3, -0.25) is 24.2 Å². The molecule has 2 aromatic heterocycles. The summed E-state index contributed by atoms with van der Waals surface area (Å²) >= 11 is 0. The molecule has 3 heterocycles. The van der Waals surface area contributed by atoms with Gasteiger partial charge in [-0.1, -0.05) is 0 Å². The van der Waals surface area contributed by atoms with Crippen molar-refractivity contribution in [2.75, 3.05) is 51.7 Å². The Labute approximate surface area is 211 Å². The minimum atomic E-state index is -0.250. The fourth-order valence-corrected chi connectivity index (χ4v) is 4.20. The second-order valence-electron chi connectivity index (χ2n) is 8.70. The van der Waals surface area contributed by atoms with Crippen molar-refractivity contribution in [1.82, 2.24) is 19.4 Å². The van der Waals surface area contributed by atoms with Gasteiger partial charge >= 0.3 is 0 Å². The van der Waals surface area contributed by atoms with E-state index < -0.39 is 0 Å². The van der Waals surface area contributed by atoms with Crippen LogP contribution >= 0.6 is 0 Å². The molecule has 2 aromatic rings. The maximum absolute atomic E-state index is 13.4. The molecule has 11 heteroatoms. The van der Waals surface area contributed by atoms with E-state index in [2.05, 4.69) is 16.8 Å². The van der Waals surface area contributed by atoms with E-state index >= 15 is 0 Å². The first-order chi connectivity index (χ1) is 17.1. The quantitative estimate of drug-likeness (QED) is 0.585. The Morgan fingerprint density at radius 3 is 2.31 bits per heavy atom. The van der Waals surface area contributed by atoms with E-state index in [1.807, 2.05) is 56.1 Å². The molecule has 1 atom stereocenters. The van der Waals surface area contributed by atoms with Crippen molar-refractivity contribution in [3.05, 3.63) is 57.8 Å². The molecule has 1 aliphatic heterocycles. The SMILES string of the molecule is Cc1cnccc1N1CCCN(C(=O)c2c(C)ccn(C(C)CN(C)C)c2=O)CC1.O=CO.O=CO. The maximum Gasteiger partial charge on any atom is 0.290 e. The van der Waals surface area contributed by atoms with Gasteiger partial charge in [-0.15, -0.1) is 0 Å². The van der Waals surface area contributed by atoms with Crippen molar-refractivity contribution in [2.45, 2.75) is 33.2 Å². The number of carbonyl (C=O) groups excluding carboxylic acids is 1. The van der Waals surface area contributed by atoms with Crippen molar-refractivity contribution in [1.29, 1.82) is 0 Å². The van der Waals surface area contributed by atoms with Gasteiger partial charge in [0.1, 0.15) is 5.56 Å². The largest absolute Gasteiger partial charge is 0.483 e. The van der Waals surface area contributed by atoms with Crippen LogP contribution in [0.25, 0.3) is 0 Å². The molecule has 11 nitrogen and oxygen atoms in total. The fourth-order valence-electron chi connectivity index (χ4n) is 4.20. The van der Waals surface area contributed by atoms with Crippen molar-refractivity contribution < 1.29 is 24.6 Å². The number of hydrogen-bond acceptors (Lipinski definition) is 7. The number of likely N-dealkylation sites (N-methyl/N-ethyl adjacent to an activating group) is 1. The Morgan fingerprint density at radius 1 is 1.08 bits per heavy atom. The van der Waals surface area contributed by atoms with Gasteiger partial charge in [0, 0.05) is 63.0 Å². The van der Waals surface area contributed by atoms with Gasteiger partial charge in [0.25, 0.3) is 24.4 Å². The molecule has 1 fully saturated rings. The third-order valence-corrected chi connectivity index (χ3v) is 5.76. The highest BCUT2D eigenvalue weighted by Crippen LogP contribution is 2.20. The zero-order valence-electron chi connectivity index (χ0n) is 21.6. The first-order valence-corrected chi connectivity index (χ1v) is 11.6. The number of aryl methyl sites for hydroxylation is 2. The Morgan fingerprint density at radius 2 is 1.72 bits per heavy atom. The highest BCUT2D eigenvalue weighted by molar-refractivity contribution is 5.95. The molecule has 0 saturated carbocycles. The minimum Gasteiger partial charge on any atom is -0.483 e. The normalized spacial score (nSPS) is 13.9. The van der Waals surface area contributed by atoms with Crippen molar-refractivity contribution >= 4 is 24.5 Å². The van der Waals surface area contributed by atoms with Crippen LogP contribution in [0.2, 0.25) is 0 Å². The number of carbonyl (C=O) groups is 3. The van der Waals surface area contributed by atoms with Crippen molar-refractivity contribution in [2.24, 2.45) is 0 Å². The molecule has 0 spiro atoms. The summed E-state index contributed by atoms with van der Waals surface area (Å²) in [7, 11) is 3.96. The van der Waals surface area contributed by atoms with Crippen LogP contribution in [-0.2, 0) is 9.59 Å². The molecular weight excluding hydrogens is 466 g/mol. The molecule has 3 rings (SSSR count). The Balaban J connectivity index is 0.000000982. The lowest BCUT2D eigenvalue weighted by Crippen LogP contribution is -2.40. The van der Waals surface area contributed by atoms with Crippen molar-refractivity contribution in [3.8, 4) is 0 Å². The van der Waals surface area contributed by atoms with Crippen LogP contribution in [0.5, 0.6) is 0 Å². The van der Waals surface area contributed by atoms with Crippen LogP contribution in [-0.4, -0.2) is 95.2 Å². The zero-order valence-corrected chi connectivity index (χ0v) is 21.6. The van der Waals surface area contributed by atoms with Gasteiger partial charge in [-0.25, -0.2) is 0 Å². The average Bonchev–Trinajstić information content (AvgIpc) is 3.06. The lowest BCUT2D eigenvalue weighted by molar-refractivity contribution is -0.123. The zero-order chi connectivity index (χ0) is 27.3. The topological polar surface area (TPSA) is 136 Å². The molecule has 36 heavy (non-hydrogen) atoms. The molecule has 1 saturated heterocycles. The minimum absolute atomic E-state index is 0.00561. The smallest absolute Gasteiger partial charge is 0.290 e. The Kier molecular flexibility index (Phi) is 12.9. The first kappa shape index (κ1) is 30.3. The summed E-state index contributed by atoms with van der Waals surface area (Å²) in [5, 5.41) is 13.8. The summed E-state index contributed by atoms with van der Waals surface area (Å²) in [4.78, 5) is 53.6. The standard InChI is InChI=1S/C23H33N5O2.2CH2O2/c1-17-8-12-28(19(3)16-25(4)5)23(30)21(17)22(29)27-11-6-10-26(13-14-27)20-7-9-24-15-18(20)2;2*2-1-3/h7-9,12,15,19H,6,10-11,13-14,16H2,1-5H3;2*1H,(H,2,3). The predicted octanol–water partition coefficient (Wildman–Crippen LogP) is 1.74. The van der Waals surface area contributed by atoms with E-state index in [0.717, 1.165) is 42.9 Å². The monoisotopic (exact) mass is 503 g/mol. The van der Waals surface area contributed by atoms with Crippen molar-refractivity contribution in [3.63, 3.8) is 0 Å². The van der Waals surface area contributed by atoms with E-state index in [0.29, 0.717) is 18.7 Å². The Hall–Kier alpha value is -3.73. The highest BCUT2D eigenvalue weighted by Gasteiger charge is 2.25. The number of aromatic nitrogens is 2. The Bertz CT molecular complexity index is 1050. The number of nitrogens with zero attached hydrogens (tertiary/aromatic N) is 5. The summed E-state index contributed by atoms with van der Waals surface area (Å²) in [6, 6.07) is 3.90. The van der Waals surface area contributed by atoms with E-state index in [1.165, 1.54) is 0 Å². The van der Waals surface area contributed by atoms with Crippen LogP contribution < -0.4 is 10.5 Å². The molecule has 2 N–H and O–H groups in total. The summed E-state index contributed by atoms with van der Waals surface area (Å²) in [5.41, 5.74) is 3.14. The molecule has 198 valence electrons. The summed E-state index contributed by atoms with van der Waals surface area (Å²) in [6.45, 7) is 9.02. The maximum atomic E-state index is 13.4. The van der Waals surface area contributed by atoms with Crippen LogP contribution in [0, 0.1) is 13.8 Å². The van der Waals surface area contributed by atoms with Gasteiger partial charge in [0.15, 0.2) is 0 Å². The third-order valence-electron chi connectivity index (χ3n) is 5.76. The molecule has 1 aliphatic rings. The molecule has 0 radical (unpaired) electrons. The van der Waals surface area contributed by atoms with Crippen LogP contribution in [0.3, 0.4) is 0 Å². The van der Waals surface area contributed by atoms with Crippen LogP contribution in [0.4, 0.5) is 5.69 Å². The predicted molar refractivity (Wildman–Crippen MR) is 138 cm³/mol. The average molecular weight is 504 g/mol. The second kappa shape index (κ2) is 15.3. The van der Waals surface area contributed by atoms with Gasteiger partial charge < -0.3 is 29.5 Å². The summed E-state index contributed by atoms with van der Waals surface area (Å²) in [5.74, 6) is -0.155. The lowest BCUT2D eigenvalue weighted by atomic mass is 10.1. The van der Waals surface area contributed by atoms with Gasteiger partial charge in [-0.2, -0.15) is 0 Å². The number of rotatable bonds is 5. The van der Waals surface area contributed by atoms with Gasteiger partial charge in [0.2, 0.25) is 0 Å². The highest BCUT2D eigenvalue weighted by atomic mass is 16.3. The third kappa shape index (κ3) is 8.49. The van der Waals surface area contributed by atoms with E-state index in [-0.39, 0.29) is 30.5 Å². The fraction of sp³-hybridized carbons (Fsp3) is 0.480. The second-order valence-corrected chi connectivity index (χ2v) is 8.70. The first-order valence-electron chi connectivity index (χ1n) is 11.6. The van der Waals surface area contributed by atoms with Crippen LogP contribution in [0.1, 0.15) is 40.9 Å². The molecule has 1 unspecified atom stereocenters. The van der Waals surface area contributed by atoms with Gasteiger partial charge in [-0.05, 0) is 64.5 Å². The molecule has 0 bridgehead atoms. The number of carboxylic acid groups (broad SMARTS) is 2. The molecular formula is C25H37N5O6.